The van der Waals surface area contributed by atoms with Gasteiger partial charge in [-0.15, -0.1) is 11.3 Å². The lowest BCUT2D eigenvalue weighted by atomic mass is 10.1. The highest BCUT2D eigenvalue weighted by Crippen LogP contribution is 2.27. The van der Waals surface area contributed by atoms with Crippen molar-refractivity contribution in [2.24, 2.45) is 0 Å². The van der Waals surface area contributed by atoms with Crippen LogP contribution in [-0.2, 0) is 6.42 Å². The van der Waals surface area contributed by atoms with E-state index in [1.165, 1.54) is 4.88 Å². The van der Waals surface area contributed by atoms with Crippen molar-refractivity contribution < 1.29 is 0 Å². The van der Waals surface area contributed by atoms with Crippen molar-refractivity contribution in [3.8, 4) is 17.3 Å². The van der Waals surface area contributed by atoms with E-state index >= 15 is 0 Å². The number of nitriles is 1. The number of fused-ring (bicyclic) bond motifs is 1. The highest BCUT2D eigenvalue weighted by molar-refractivity contribution is 7.17. The minimum Gasteiger partial charge on any atom is -0.293 e. The molecule has 4 nitrogen and oxygen atoms in total. The fourth-order valence-corrected chi connectivity index (χ4v) is 2.82. The van der Waals surface area contributed by atoms with Gasteiger partial charge in [0.2, 0.25) is 0 Å². The Morgan fingerprint density at radius 1 is 1.50 bits per heavy atom. The maximum Gasteiger partial charge on any atom is 0.194 e. The smallest absolute Gasteiger partial charge is 0.194 e. The van der Waals surface area contributed by atoms with Gasteiger partial charge in [-0.1, -0.05) is 0 Å². The summed E-state index contributed by atoms with van der Waals surface area (Å²) in [5.41, 5.74) is 2.75. The first-order valence-electron chi connectivity index (χ1n) is 5.54. The first-order valence-corrected chi connectivity index (χ1v) is 6.36. The average Bonchev–Trinajstić information content (AvgIpc) is 2.89. The SMILES string of the molecule is Cc1cn2c(CC#N)c(-c3cccnc3)nc2s1. The van der Waals surface area contributed by atoms with E-state index in [1.54, 1.807) is 23.7 Å². The fourth-order valence-electron chi connectivity index (χ4n) is 1.98. The minimum atomic E-state index is 0.349. The van der Waals surface area contributed by atoms with Crippen molar-refractivity contribution in [3.63, 3.8) is 0 Å². The Morgan fingerprint density at radius 3 is 3.11 bits per heavy atom. The summed E-state index contributed by atoms with van der Waals surface area (Å²) >= 11 is 1.63. The van der Waals surface area contributed by atoms with E-state index in [-0.39, 0.29) is 0 Å². The molecule has 0 spiro atoms. The van der Waals surface area contributed by atoms with E-state index in [4.69, 9.17) is 5.26 Å². The summed E-state index contributed by atoms with van der Waals surface area (Å²) in [6, 6.07) is 6.05. The Bertz CT molecular complexity index is 734. The third kappa shape index (κ3) is 1.67. The molecule has 0 saturated heterocycles. The minimum absolute atomic E-state index is 0.349. The van der Waals surface area contributed by atoms with Crippen LogP contribution in [0, 0.1) is 18.3 Å². The van der Waals surface area contributed by atoms with E-state index in [1.807, 2.05) is 29.7 Å². The van der Waals surface area contributed by atoms with Crippen molar-refractivity contribution in [1.29, 1.82) is 5.26 Å². The molecule has 5 heteroatoms. The molecule has 88 valence electrons. The maximum absolute atomic E-state index is 8.97. The molecule has 3 aromatic rings. The molecule has 0 unspecified atom stereocenters. The van der Waals surface area contributed by atoms with Crippen molar-refractivity contribution in [2.75, 3.05) is 0 Å². The van der Waals surface area contributed by atoms with Crippen molar-refractivity contribution in [1.82, 2.24) is 14.4 Å². The van der Waals surface area contributed by atoms with Crippen LogP contribution in [-0.4, -0.2) is 14.4 Å². The Hall–Kier alpha value is -2.19. The van der Waals surface area contributed by atoms with Gasteiger partial charge in [-0.3, -0.25) is 9.38 Å². The first-order chi connectivity index (χ1) is 8.79. The van der Waals surface area contributed by atoms with Crippen LogP contribution in [0.5, 0.6) is 0 Å². The summed E-state index contributed by atoms with van der Waals surface area (Å²) in [5.74, 6) is 0. The highest BCUT2D eigenvalue weighted by atomic mass is 32.1. The predicted molar refractivity (Wildman–Crippen MR) is 70.4 cm³/mol. The molecule has 0 saturated carbocycles. The van der Waals surface area contributed by atoms with Gasteiger partial charge < -0.3 is 0 Å². The van der Waals surface area contributed by atoms with Crippen LogP contribution >= 0.6 is 11.3 Å². The van der Waals surface area contributed by atoms with E-state index in [0.29, 0.717) is 6.42 Å². The quantitative estimate of drug-likeness (QED) is 0.706. The van der Waals surface area contributed by atoms with Crippen molar-refractivity contribution in [3.05, 3.63) is 41.3 Å². The highest BCUT2D eigenvalue weighted by Gasteiger charge is 2.15. The molecule has 0 atom stereocenters. The molecule has 0 aromatic carbocycles. The molecule has 0 fully saturated rings. The molecule has 0 radical (unpaired) electrons. The Balaban J connectivity index is 2.26. The topological polar surface area (TPSA) is 54.0 Å². The fraction of sp³-hybridized carbons (Fsp3) is 0.154. The zero-order valence-electron chi connectivity index (χ0n) is 9.79. The zero-order chi connectivity index (χ0) is 12.5. The van der Waals surface area contributed by atoms with Gasteiger partial charge >= 0.3 is 0 Å². The standard InChI is InChI=1S/C13H10N4S/c1-9-8-17-11(4-5-14)12(16-13(17)18-9)10-3-2-6-15-7-10/h2-3,6-8H,4H2,1H3. The van der Waals surface area contributed by atoms with Gasteiger partial charge in [0.05, 0.1) is 23.9 Å². The third-order valence-electron chi connectivity index (χ3n) is 2.72. The Kier molecular flexibility index (Phi) is 2.58. The van der Waals surface area contributed by atoms with Crippen LogP contribution in [0.1, 0.15) is 10.6 Å². The number of aryl methyl sites for hydroxylation is 1. The Morgan fingerprint density at radius 2 is 2.39 bits per heavy atom. The predicted octanol–water partition coefficient (Wildman–Crippen LogP) is 2.83. The maximum atomic E-state index is 8.97. The molecule has 0 amide bonds. The summed E-state index contributed by atoms with van der Waals surface area (Å²) in [4.78, 5) is 10.8. The summed E-state index contributed by atoms with van der Waals surface area (Å²) in [5, 5.41) is 8.97. The molecule has 0 aliphatic rings. The normalized spacial score (nSPS) is 10.7. The number of hydrogen-bond donors (Lipinski definition) is 0. The number of rotatable bonds is 2. The molecule has 3 heterocycles. The number of thiazole rings is 1. The summed E-state index contributed by atoms with van der Waals surface area (Å²) in [6.07, 6.45) is 5.89. The van der Waals surface area contributed by atoms with Crippen LogP contribution in [0.25, 0.3) is 16.2 Å². The molecule has 0 N–H and O–H groups in total. The summed E-state index contributed by atoms with van der Waals surface area (Å²) in [6.45, 7) is 2.04. The lowest BCUT2D eigenvalue weighted by Crippen LogP contribution is -1.91. The van der Waals surface area contributed by atoms with Gasteiger partial charge in [0, 0.05) is 29.0 Å². The summed E-state index contributed by atoms with van der Waals surface area (Å²) < 4.78 is 2.01. The second-order valence-corrected chi connectivity index (χ2v) is 5.19. The molecular weight excluding hydrogens is 244 g/mol. The van der Waals surface area contributed by atoms with Crippen LogP contribution in [0.3, 0.4) is 0 Å². The number of hydrogen-bond acceptors (Lipinski definition) is 4. The average molecular weight is 254 g/mol. The summed E-state index contributed by atoms with van der Waals surface area (Å²) in [7, 11) is 0. The van der Waals surface area contributed by atoms with E-state index in [0.717, 1.165) is 21.9 Å². The van der Waals surface area contributed by atoms with E-state index in [9.17, 15) is 0 Å². The van der Waals surface area contributed by atoms with Crippen molar-refractivity contribution in [2.45, 2.75) is 13.3 Å². The number of pyridine rings is 1. The molecule has 0 bridgehead atoms. The number of imidazole rings is 1. The zero-order valence-corrected chi connectivity index (χ0v) is 10.6. The van der Waals surface area contributed by atoms with Crippen LogP contribution in [0.15, 0.2) is 30.7 Å². The molecule has 3 rings (SSSR count). The van der Waals surface area contributed by atoms with Gasteiger partial charge in [0.25, 0.3) is 0 Å². The number of aromatic nitrogens is 3. The van der Waals surface area contributed by atoms with Gasteiger partial charge in [0.15, 0.2) is 4.96 Å². The number of nitrogens with zero attached hydrogens (tertiary/aromatic N) is 4. The largest absolute Gasteiger partial charge is 0.293 e. The second-order valence-electron chi connectivity index (χ2n) is 3.98. The molecule has 0 aliphatic heterocycles. The molecule has 3 aromatic heterocycles. The van der Waals surface area contributed by atoms with Crippen LogP contribution in [0.4, 0.5) is 0 Å². The lowest BCUT2D eigenvalue weighted by Gasteiger charge is -1.99. The van der Waals surface area contributed by atoms with Gasteiger partial charge in [-0.25, -0.2) is 4.98 Å². The monoisotopic (exact) mass is 254 g/mol. The first kappa shape index (κ1) is 10.9. The second kappa shape index (κ2) is 4.24. The molecule has 0 aliphatic carbocycles. The van der Waals surface area contributed by atoms with E-state index < -0.39 is 0 Å². The van der Waals surface area contributed by atoms with Crippen molar-refractivity contribution >= 4 is 16.3 Å². The third-order valence-corrected chi connectivity index (χ3v) is 3.62. The van der Waals surface area contributed by atoms with Gasteiger partial charge in [-0.05, 0) is 19.1 Å². The van der Waals surface area contributed by atoms with Crippen LogP contribution in [0.2, 0.25) is 0 Å². The van der Waals surface area contributed by atoms with Gasteiger partial charge in [-0.2, -0.15) is 5.26 Å². The lowest BCUT2D eigenvalue weighted by molar-refractivity contribution is 1.07. The Labute approximate surface area is 108 Å². The molecule has 18 heavy (non-hydrogen) atoms. The van der Waals surface area contributed by atoms with Crippen LogP contribution < -0.4 is 0 Å². The van der Waals surface area contributed by atoms with E-state index in [2.05, 4.69) is 16.0 Å². The van der Waals surface area contributed by atoms with Gasteiger partial charge in [0.1, 0.15) is 0 Å². The molecular formula is C13H10N4S.